The summed E-state index contributed by atoms with van der Waals surface area (Å²) in [4.78, 5) is 12.0. The predicted molar refractivity (Wildman–Crippen MR) is 81.6 cm³/mol. The third-order valence-corrected chi connectivity index (χ3v) is 4.16. The van der Waals surface area contributed by atoms with Gasteiger partial charge in [0.1, 0.15) is 11.6 Å². The van der Waals surface area contributed by atoms with Crippen LogP contribution in [0.1, 0.15) is 11.1 Å². The van der Waals surface area contributed by atoms with E-state index in [1.54, 1.807) is 0 Å². The van der Waals surface area contributed by atoms with Crippen molar-refractivity contribution in [3.8, 4) is 0 Å². The molecule has 0 bridgehead atoms. The highest BCUT2D eigenvalue weighted by atomic mass is 32.2. The van der Waals surface area contributed by atoms with E-state index >= 15 is 0 Å². The molecule has 0 atom stereocenters. The van der Waals surface area contributed by atoms with Gasteiger partial charge in [-0.25, -0.2) is 8.78 Å². The number of amides is 1. The molecule has 0 aliphatic carbocycles. The fraction of sp³-hybridized carbons (Fsp3) is 0.188. The van der Waals surface area contributed by atoms with Crippen LogP contribution >= 0.6 is 11.8 Å². The topological polar surface area (TPSA) is 29.1 Å². The monoisotopic (exact) mass is 307 g/mol. The number of anilines is 1. The van der Waals surface area contributed by atoms with Crippen molar-refractivity contribution in [1.29, 1.82) is 0 Å². The molecule has 1 N–H and O–H groups in total. The molecular formula is C16H15F2NOS. The van der Waals surface area contributed by atoms with Crippen LogP contribution in [0.3, 0.4) is 0 Å². The van der Waals surface area contributed by atoms with Gasteiger partial charge in [0.2, 0.25) is 5.91 Å². The van der Waals surface area contributed by atoms with Crippen molar-refractivity contribution in [2.24, 2.45) is 0 Å². The van der Waals surface area contributed by atoms with Gasteiger partial charge in [0.15, 0.2) is 0 Å². The van der Waals surface area contributed by atoms with Crippen molar-refractivity contribution in [1.82, 2.24) is 0 Å². The van der Waals surface area contributed by atoms with Gasteiger partial charge in [0, 0.05) is 10.6 Å². The SMILES string of the molecule is Cc1cccc(NC(=O)CSc2cc(F)ccc2F)c1C. The van der Waals surface area contributed by atoms with Gasteiger partial charge in [-0.2, -0.15) is 0 Å². The van der Waals surface area contributed by atoms with Gasteiger partial charge in [0.05, 0.1) is 5.75 Å². The van der Waals surface area contributed by atoms with E-state index in [1.165, 1.54) is 0 Å². The van der Waals surface area contributed by atoms with Crippen molar-refractivity contribution in [3.63, 3.8) is 0 Å². The summed E-state index contributed by atoms with van der Waals surface area (Å²) in [5.41, 5.74) is 2.81. The lowest BCUT2D eigenvalue weighted by molar-refractivity contribution is -0.113. The number of benzene rings is 2. The maximum atomic E-state index is 13.4. The number of hydrogen-bond acceptors (Lipinski definition) is 2. The van der Waals surface area contributed by atoms with Crippen LogP contribution < -0.4 is 5.32 Å². The van der Waals surface area contributed by atoms with Crippen LogP contribution in [0.25, 0.3) is 0 Å². The third kappa shape index (κ3) is 4.04. The molecule has 2 aromatic carbocycles. The first-order valence-electron chi connectivity index (χ1n) is 6.41. The smallest absolute Gasteiger partial charge is 0.234 e. The summed E-state index contributed by atoms with van der Waals surface area (Å²) in [6.07, 6.45) is 0. The number of nitrogens with one attached hydrogen (secondary N) is 1. The number of halogens is 2. The van der Waals surface area contributed by atoms with Crippen molar-refractivity contribution in [2.45, 2.75) is 18.7 Å². The predicted octanol–water partition coefficient (Wildman–Crippen LogP) is 4.31. The molecular weight excluding hydrogens is 292 g/mol. The van der Waals surface area contributed by atoms with E-state index in [9.17, 15) is 13.6 Å². The summed E-state index contributed by atoms with van der Waals surface area (Å²) in [5.74, 6) is -1.28. The number of carbonyl (C=O) groups excluding carboxylic acids is 1. The molecule has 0 radical (unpaired) electrons. The maximum Gasteiger partial charge on any atom is 0.234 e. The lowest BCUT2D eigenvalue weighted by atomic mass is 10.1. The molecule has 2 nitrogen and oxygen atoms in total. The first-order valence-corrected chi connectivity index (χ1v) is 7.40. The zero-order valence-electron chi connectivity index (χ0n) is 11.7. The van der Waals surface area contributed by atoms with Gasteiger partial charge < -0.3 is 5.32 Å². The van der Waals surface area contributed by atoms with E-state index in [-0.39, 0.29) is 16.6 Å². The number of thioether (sulfide) groups is 1. The minimum atomic E-state index is -0.527. The summed E-state index contributed by atoms with van der Waals surface area (Å²) in [5, 5.41) is 2.78. The largest absolute Gasteiger partial charge is 0.325 e. The van der Waals surface area contributed by atoms with Gasteiger partial charge in [-0.15, -0.1) is 11.8 Å². The lowest BCUT2D eigenvalue weighted by Gasteiger charge is -2.10. The normalized spacial score (nSPS) is 10.5. The zero-order valence-corrected chi connectivity index (χ0v) is 12.6. The van der Waals surface area contributed by atoms with E-state index < -0.39 is 11.6 Å². The molecule has 5 heteroatoms. The number of rotatable bonds is 4. The van der Waals surface area contributed by atoms with Crippen LogP contribution in [-0.4, -0.2) is 11.7 Å². The second kappa shape index (κ2) is 6.72. The highest BCUT2D eigenvalue weighted by molar-refractivity contribution is 8.00. The first-order chi connectivity index (χ1) is 9.97. The van der Waals surface area contributed by atoms with Crippen molar-refractivity contribution < 1.29 is 13.6 Å². The maximum absolute atomic E-state index is 13.4. The van der Waals surface area contributed by atoms with Crippen LogP contribution in [0, 0.1) is 25.5 Å². The molecule has 2 rings (SSSR count). The Morgan fingerprint density at radius 1 is 1.19 bits per heavy atom. The zero-order chi connectivity index (χ0) is 15.4. The third-order valence-electron chi connectivity index (χ3n) is 3.13. The summed E-state index contributed by atoms with van der Waals surface area (Å²) < 4.78 is 26.5. The Morgan fingerprint density at radius 3 is 2.71 bits per heavy atom. The van der Waals surface area contributed by atoms with Gasteiger partial charge in [-0.3, -0.25) is 4.79 Å². The summed E-state index contributed by atoms with van der Waals surface area (Å²) in [6.45, 7) is 3.88. The molecule has 0 spiro atoms. The quantitative estimate of drug-likeness (QED) is 0.853. The van der Waals surface area contributed by atoms with Crippen molar-refractivity contribution in [2.75, 3.05) is 11.1 Å². The van der Waals surface area contributed by atoms with Gasteiger partial charge >= 0.3 is 0 Å². The Morgan fingerprint density at radius 2 is 1.95 bits per heavy atom. The van der Waals surface area contributed by atoms with Gasteiger partial charge in [-0.05, 0) is 49.2 Å². The number of carbonyl (C=O) groups is 1. The molecule has 0 fully saturated rings. The Labute approximate surface area is 126 Å². The Bertz CT molecular complexity index is 673. The minimum absolute atomic E-state index is 0.0216. The average Bonchev–Trinajstić information content (AvgIpc) is 2.45. The van der Waals surface area contributed by atoms with Crippen molar-refractivity contribution in [3.05, 3.63) is 59.2 Å². The fourth-order valence-corrected chi connectivity index (χ4v) is 2.56. The fourth-order valence-electron chi connectivity index (χ4n) is 1.80. The Kier molecular flexibility index (Phi) is 4.96. The van der Waals surface area contributed by atoms with Crippen molar-refractivity contribution >= 4 is 23.4 Å². The van der Waals surface area contributed by atoms with Gasteiger partial charge in [-0.1, -0.05) is 12.1 Å². The molecule has 0 aromatic heterocycles. The van der Waals surface area contributed by atoms with Crippen LogP contribution in [-0.2, 0) is 4.79 Å². The van der Waals surface area contributed by atoms with E-state index in [1.807, 2.05) is 32.0 Å². The van der Waals surface area contributed by atoms with E-state index in [4.69, 9.17) is 0 Å². The first kappa shape index (κ1) is 15.5. The molecule has 21 heavy (non-hydrogen) atoms. The van der Waals surface area contributed by atoms with Crippen LogP contribution in [0.2, 0.25) is 0 Å². The second-order valence-electron chi connectivity index (χ2n) is 4.66. The molecule has 0 saturated heterocycles. The Balaban J connectivity index is 1.99. The molecule has 0 saturated carbocycles. The molecule has 0 aliphatic heterocycles. The van der Waals surface area contributed by atoms with E-state index in [0.29, 0.717) is 0 Å². The molecule has 1 amide bonds. The van der Waals surface area contributed by atoms with Gasteiger partial charge in [0.25, 0.3) is 0 Å². The number of aryl methyl sites for hydroxylation is 1. The molecule has 0 unspecified atom stereocenters. The van der Waals surface area contributed by atoms with Crippen LogP contribution in [0.4, 0.5) is 14.5 Å². The molecule has 2 aromatic rings. The summed E-state index contributed by atoms with van der Waals surface area (Å²) in [6, 6.07) is 8.83. The number of hydrogen-bond donors (Lipinski definition) is 1. The highest BCUT2D eigenvalue weighted by Gasteiger charge is 2.09. The molecule has 0 aliphatic rings. The summed E-state index contributed by atoms with van der Waals surface area (Å²) in [7, 11) is 0. The second-order valence-corrected chi connectivity index (χ2v) is 5.68. The van der Waals surface area contributed by atoms with E-state index in [0.717, 1.165) is 46.8 Å². The Hall–Kier alpha value is -1.88. The highest BCUT2D eigenvalue weighted by Crippen LogP contribution is 2.23. The van der Waals surface area contributed by atoms with E-state index in [2.05, 4.69) is 5.32 Å². The average molecular weight is 307 g/mol. The van der Waals surface area contributed by atoms with Crippen LogP contribution in [0.5, 0.6) is 0 Å². The van der Waals surface area contributed by atoms with Crippen LogP contribution in [0.15, 0.2) is 41.3 Å². The standard InChI is InChI=1S/C16H15F2NOS/c1-10-4-3-5-14(11(10)2)19-16(20)9-21-15-8-12(17)6-7-13(15)18/h3-8H,9H2,1-2H3,(H,19,20). The molecule has 0 heterocycles. The summed E-state index contributed by atoms with van der Waals surface area (Å²) >= 11 is 0.972. The minimum Gasteiger partial charge on any atom is -0.325 e. The molecule has 110 valence electrons. The lowest BCUT2D eigenvalue weighted by Crippen LogP contribution is -2.15.